The first kappa shape index (κ1) is 28.3. The number of pyridine rings is 3. The van der Waals surface area contributed by atoms with Crippen LogP contribution in [0.25, 0.3) is 90.0 Å². The van der Waals surface area contributed by atoms with Crippen LogP contribution in [0.1, 0.15) is 6.92 Å². The van der Waals surface area contributed by atoms with E-state index in [-0.39, 0.29) is 0 Å². The number of rotatable bonds is 5. The number of allylic oxidation sites excluding steroid dienone is 2. The summed E-state index contributed by atoms with van der Waals surface area (Å²) < 4.78 is 0. The second kappa shape index (κ2) is 12.0. The van der Waals surface area contributed by atoms with Gasteiger partial charge in [-0.3, -0.25) is 4.98 Å². The molecule has 0 saturated carbocycles. The van der Waals surface area contributed by atoms with Crippen LogP contribution in [-0.4, -0.2) is 15.0 Å². The average Bonchev–Trinajstić information content (AvgIpc) is 3.14. The monoisotopic (exact) mass is 601 g/mol. The van der Waals surface area contributed by atoms with E-state index < -0.39 is 0 Å². The highest BCUT2D eigenvalue weighted by molar-refractivity contribution is 6.08. The van der Waals surface area contributed by atoms with Gasteiger partial charge in [-0.1, -0.05) is 134 Å². The van der Waals surface area contributed by atoms with E-state index in [9.17, 15) is 0 Å². The molecule has 0 bridgehead atoms. The molecule has 0 unspecified atom stereocenters. The molecule has 0 N–H and O–H groups in total. The van der Waals surface area contributed by atoms with Gasteiger partial charge >= 0.3 is 0 Å². The summed E-state index contributed by atoms with van der Waals surface area (Å²) in [6.45, 7) is 6.38. The Morgan fingerprint density at radius 1 is 0.553 bits per heavy atom. The van der Waals surface area contributed by atoms with Gasteiger partial charge in [-0.05, 0) is 59.0 Å². The summed E-state index contributed by atoms with van der Waals surface area (Å²) in [5.74, 6) is 0. The molecule has 8 aromatic rings. The summed E-state index contributed by atoms with van der Waals surface area (Å²) in [6, 6.07) is 46.9. The summed E-state index contributed by atoms with van der Waals surface area (Å²) in [4.78, 5) is 14.7. The van der Waals surface area contributed by atoms with E-state index in [4.69, 9.17) is 9.97 Å². The number of nitrogens with zero attached hydrogens (tertiary/aromatic N) is 3. The Kier molecular flexibility index (Phi) is 7.20. The van der Waals surface area contributed by atoms with Crippen molar-refractivity contribution >= 4 is 45.4 Å². The van der Waals surface area contributed by atoms with Crippen molar-refractivity contribution in [1.82, 2.24) is 15.0 Å². The van der Waals surface area contributed by atoms with Crippen LogP contribution in [-0.2, 0) is 0 Å². The van der Waals surface area contributed by atoms with E-state index in [2.05, 4.69) is 139 Å². The molecule has 0 atom stereocenters. The fourth-order valence-corrected chi connectivity index (χ4v) is 6.37. The predicted octanol–water partition coefficient (Wildman–Crippen LogP) is 9.77. The topological polar surface area (TPSA) is 38.7 Å². The van der Waals surface area contributed by atoms with E-state index in [0.717, 1.165) is 71.2 Å². The molecule has 3 heteroatoms. The highest BCUT2D eigenvalue weighted by Gasteiger charge is 2.13. The van der Waals surface area contributed by atoms with Crippen molar-refractivity contribution in [2.24, 2.45) is 0 Å². The lowest BCUT2D eigenvalue weighted by atomic mass is 9.96. The standard InChI is InChI=1S/C44H31N3/c1-3-4-12-38-29(2)46-44-39(42(38)34-9-6-5-7-10-34)24-21-35-22-26-41(47-43(35)44)33-19-17-31(18-20-33)30-13-15-32(16-14-30)36-23-25-40-37(28-36)11-8-27-45-40/h3-28H,2H2,1H3/b4-3-,38-12+. The second-order valence-electron chi connectivity index (χ2n) is 11.7. The Morgan fingerprint density at radius 3 is 1.98 bits per heavy atom. The normalized spacial score (nSPS) is 12.1. The van der Waals surface area contributed by atoms with Crippen molar-refractivity contribution in [2.45, 2.75) is 6.92 Å². The average molecular weight is 602 g/mol. The molecule has 0 spiro atoms. The molecule has 0 aliphatic carbocycles. The lowest BCUT2D eigenvalue weighted by Gasteiger charge is -2.12. The molecule has 0 aliphatic rings. The van der Waals surface area contributed by atoms with Gasteiger partial charge in [0, 0.05) is 38.7 Å². The van der Waals surface area contributed by atoms with Crippen LogP contribution in [0.15, 0.2) is 152 Å². The zero-order chi connectivity index (χ0) is 31.7. The number of hydrogen-bond donors (Lipinski definition) is 0. The Bertz CT molecular complexity index is 2570. The number of aromatic nitrogens is 3. The fraction of sp³-hybridized carbons (Fsp3) is 0.0227. The molecular weight excluding hydrogens is 571 g/mol. The molecule has 0 radical (unpaired) electrons. The van der Waals surface area contributed by atoms with E-state index >= 15 is 0 Å². The van der Waals surface area contributed by atoms with Crippen molar-refractivity contribution in [3.63, 3.8) is 0 Å². The molecule has 3 aromatic heterocycles. The van der Waals surface area contributed by atoms with Crippen LogP contribution in [0.4, 0.5) is 0 Å². The van der Waals surface area contributed by atoms with Crippen LogP contribution < -0.4 is 10.6 Å². The van der Waals surface area contributed by atoms with Crippen LogP contribution in [0.5, 0.6) is 0 Å². The molecule has 0 saturated heterocycles. The van der Waals surface area contributed by atoms with Crippen LogP contribution in [0.3, 0.4) is 0 Å². The van der Waals surface area contributed by atoms with E-state index in [1.165, 1.54) is 16.7 Å². The predicted molar refractivity (Wildman–Crippen MR) is 198 cm³/mol. The molecule has 8 rings (SSSR count). The van der Waals surface area contributed by atoms with Gasteiger partial charge < -0.3 is 0 Å². The maximum absolute atomic E-state index is 5.19. The second-order valence-corrected chi connectivity index (χ2v) is 11.7. The van der Waals surface area contributed by atoms with Gasteiger partial charge in [0.05, 0.1) is 27.6 Å². The highest BCUT2D eigenvalue weighted by atomic mass is 14.8. The van der Waals surface area contributed by atoms with Gasteiger partial charge in [0.25, 0.3) is 0 Å². The lowest BCUT2D eigenvalue weighted by molar-refractivity contribution is 1.29. The molecule has 3 heterocycles. The molecule has 0 amide bonds. The van der Waals surface area contributed by atoms with Crippen molar-refractivity contribution in [2.75, 3.05) is 0 Å². The van der Waals surface area contributed by atoms with Crippen LogP contribution >= 0.6 is 0 Å². The SMILES string of the molecule is C=c1nc2c(ccc3ccc(-c4ccc(-c5ccc(-c6ccc7ncccc7c6)cc5)cc4)nc32)c(-c2ccccc2)/c1=C/C=C\C. The van der Waals surface area contributed by atoms with Gasteiger partial charge in [0.15, 0.2) is 0 Å². The molecule has 0 aliphatic heterocycles. The van der Waals surface area contributed by atoms with Crippen molar-refractivity contribution in [1.29, 1.82) is 0 Å². The Balaban J connectivity index is 1.16. The van der Waals surface area contributed by atoms with Crippen molar-refractivity contribution in [3.8, 4) is 44.6 Å². The minimum absolute atomic E-state index is 0.738. The molecule has 3 nitrogen and oxygen atoms in total. The Hall–Kier alpha value is -6.19. The highest BCUT2D eigenvalue weighted by Crippen LogP contribution is 2.32. The minimum atomic E-state index is 0.738. The summed E-state index contributed by atoms with van der Waals surface area (Å²) in [6.07, 6.45) is 8.00. The first-order chi connectivity index (χ1) is 23.2. The maximum Gasteiger partial charge on any atom is 0.0978 e. The zero-order valence-corrected chi connectivity index (χ0v) is 26.1. The van der Waals surface area contributed by atoms with Crippen molar-refractivity contribution in [3.05, 3.63) is 162 Å². The minimum Gasteiger partial charge on any atom is -0.256 e. The van der Waals surface area contributed by atoms with Gasteiger partial charge in [-0.15, -0.1) is 0 Å². The first-order valence-electron chi connectivity index (χ1n) is 15.8. The van der Waals surface area contributed by atoms with Crippen LogP contribution in [0.2, 0.25) is 0 Å². The number of fused-ring (bicyclic) bond motifs is 4. The summed E-state index contributed by atoms with van der Waals surface area (Å²) in [7, 11) is 0. The third-order valence-corrected chi connectivity index (χ3v) is 8.78. The molecular formula is C44H31N3. The fourth-order valence-electron chi connectivity index (χ4n) is 6.37. The maximum atomic E-state index is 5.19. The van der Waals surface area contributed by atoms with Crippen molar-refractivity contribution < 1.29 is 0 Å². The van der Waals surface area contributed by atoms with E-state index in [1.807, 2.05) is 37.4 Å². The summed E-state index contributed by atoms with van der Waals surface area (Å²) >= 11 is 0. The summed E-state index contributed by atoms with van der Waals surface area (Å²) in [5, 5.41) is 5.02. The van der Waals surface area contributed by atoms with E-state index in [1.54, 1.807) is 0 Å². The summed E-state index contributed by atoms with van der Waals surface area (Å²) in [5.41, 5.74) is 11.7. The number of benzene rings is 5. The zero-order valence-electron chi connectivity index (χ0n) is 26.1. The van der Waals surface area contributed by atoms with Gasteiger partial charge in [0.2, 0.25) is 0 Å². The van der Waals surface area contributed by atoms with Gasteiger partial charge in [-0.2, -0.15) is 0 Å². The third kappa shape index (κ3) is 5.28. The van der Waals surface area contributed by atoms with E-state index in [0.29, 0.717) is 0 Å². The Morgan fingerprint density at radius 2 is 1.23 bits per heavy atom. The number of hydrogen-bond acceptors (Lipinski definition) is 3. The van der Waals surface area contributed by atoms with Crippen LogP contribution in [0, 0.1) is 0 Å². The van der Waals surface area contributed by atoms with Gasteiger partial charge in [-0.25, -0.2) is 9.97 Å². The van der Waals surface area contributed by atoms with Gasteiger partial charge in [0.1, 0.15) is 0 Å². The third-order valence-electron chi connectivity index (χ3n) is 8.78. The molecule has 47 heavy (non-hydrogen) atoms. The smallest absolute Gasteiger partial charge is 0.0978 e. The quantitative estimate of drug-likeness (QED) is 0.184. The lowest BCUT2D eigenvalue weighted by Crippen LogP contribution is -2.29. The molecule has 222 valence electrons. The Labute approximate surface area is 273 Å². The molecule has 5 aromatic carbocycles. The molecule has 0 fully saturated rings. The first-order valence-corrected chi connectivity index (χ1v) is 15.8. The largest absolute Gasteiger partial charge is 0.256 e.